The molecule has 2 atom stereocenters. The minimum absolute atomic E-state index is 0.172. The number of hydrogen-bond acceptors (Lipinski definition) is 4. The Morgan fingerprint density at radius 3 is 2.74 bits per heavy atom. The first-order valence-electron chi connectivity index (χ1n) is 7.02. The number of nitrogens with one attached hydrogen (secondary N) is 1. The molecule has 19 heavy (non-hydrogen) atoms. The molecule has 106 valence electrons. The molecule has 1 heterocycles. The Hall–Kier alpha value is -1.42. The van der Waals surface area contributed by atoms with Gasteiger partial charge in [-0.2, -0.15) is 0 Å². The van der Waals surface area contributed by atoms with E-state index in [1.807, 2.05) is 25.2 Å². The van der Waals surface area contributed by atoms with Gasteiger partial charge in [0, 0.05) is 12.1 Å². The van der Waals surface area contributed by atoms with Gasteiger partial charge in [0.15, 0.2) is 11.5 Å². The predicted octanol–water partition coefficient (Wildman–Crippen LogP) is 2.96. The van der Waals surface area contributed by atoms with Crippen molar-refractivity contribution in [1.29, 1.82) is 0 Å². The van der Waals surface area contributed by atoms with Crippen LogP contribution in [0.1, 0.15) is 33.1 Å². The molecule has 1 aromatic carbocycles. The van der Waals surface area contributed by atoms with Gasteiger partial charge in [0.2, 0.25) is 6.79 Å². The van der Waals surface area contributed by atoms with Crippen LogP contribution in [0.5, 0.6) is 17.2 Å². The van der Waals surface area contributed by atoms with Crippen molar-refractivity contribution < 1.29 is 14.2 Å². The molecule has 4 nitrogen and oxygen atoms in total. The van der Waals surface area contributed by atoms with E-state index in [-0.39, 0.29) is 6.10 Å². The summed E-state index contributed by atoms with van der Waals surface area (Å²) in [5.41, 5.74) is 0. The third-order valence-electron chi connectivity index (χ3n) is 3.45. The maximum Gasteiger partial charge on any atom is 0.231 e. The third-order valence-corrected chi connectivity index (χ3v) is 3.45. The van der Waals surface area contributed by atoms with Crippen LogP contribution in [0.3, 0.4) is 0 Å². The molecule has 0 saturated carbocycles. The van der Waals surface area contributed by atoms with Crippen LogP contribution in [0.2, 0.25) is 0 Å². The van der Waals surface area contributed by atoms with Crippen LogP contribution >= 0.6 is 0 Å². The van der Waals surface area contributed by atoms with Gasteiger partial charge >= 0.3 is 0 Å². The van der Waals surface area contributed by atoms with Crippen molar-refractivity contribution in [3.05, 3.63) is 18.2 Å². The lowest BCUT2D eigenvalue weighted by Crippen LogP contribution is -2.40. The highest BCUT2D eigenvalue weighted by molar-refractivity contribution is 5.46. The van der Waals surface area contributed by atoms with E-state index in [1.165, 1.54) is 0 Å². The van der Waals surface area contributed by atoms with Crippen molar-refractivity contribution in [3.8, 4) is 17.2 Å². The fraction of sp³-hybridized carbons (Fsp3) is 0.600. The largest absolute Gasteiger partial charge is 0.489 e. The first-order valence-corrected chi connectivity index (χ1v) is 7.02. The predicted molar refractivity (Wildman–Crippen MR) is 75.0 cm³/mol. The van der Waals surface area contributed by atoms with Gasteiger partial charge in [0.25, 0.3) is 0 Å². The van der Waals surface area contributed by atoms with E-state index in [4.69, 9.17) is 14.2 Å². The Kier molecular flexibility index (Phi) is 4.91. The molecular formula is C15H23NO3. The summed E-state index contributed by atoms with van der Waals surface area (Å²) in [5.74, 6) is 2.40. The lowest BCUT2D eigenvalue weighted by molar-refractivity contribution is 0.146. The van der Waals surface area contributed by atoms with Gasteiger partial charge in [-0.1, -0.05) is 20.3 Å². The summed E-state index contributed by atoms with van der Waals surface area (Å²) < 4.78 is 16.8. The van der Waals surface area contributed by atoms with Crippen molar-refractivity contribution in [3.63, 3.8) is 0 Å². The third kappa shape index (κ3) is 3.32. The molecule has 1 N–H and O–H groups in total. The molecule has 0 bridgehead atoms. The molecule has 2 rings (SSSR count). The van der Waals surface area contributed by atoms with Gasteiger partial charge < -0.3 is 19.5 Å². The van der Waals surface area contributed by atoms with E-state index in [0.29, 0.717) is 12.8 Å². The molecule has 2 unspecified atom stereocenters. The van der Waals surface area contributed by atoms with Crippen molar-refractivity contribution in [2.45, 2.75) is 45.3 Å². The van der Waals surface area contributed by atoms with Gasteiger partial charge in [-0.3, -0.25) is 0 Å². The Morgan fingerprint density at radius 1 is 1.26 bits per heavy atom. The summed E-state index contributed by atoms with van der Waals surface area (Å²) in [7, 11) is 1.99. The van der Waals surface area contributed by atoms with E-state index in [9.17, 15) is 0 Å². The lowest BCUT2D eigenvalue weighted by Gasteiger charge is -2.26. The van der Waals surface area contributed by atoms with Gasteiger partial charge in [0.1, 0.15) is 11.9 Å². The minimum atomic E-state index is 0.172. The fourth-order valence-electron chi connectivity index (χ4n) is 2.40. The molecule has 4 heteroatoms. The second-order valence-corrected chi connectivity index (χ2v) is 4.76. The number of hydrogen-bond donors (Lipinski definition) is 1. The smallest absolute Gasteiger partial charge is 0.231 e. The maximum absolute atomic E-state index is 6.10. The number of likely N-dealkylation sites (N-methyl/N-ethyl adjacent to an activating group) is 1. The highest BCUT2D eigenvalue weighted by atomic mass is 16.7. The molecule has 1 aliphatic rings. The Bertz CT molecular complexity index is 408. The molecule has 1 aromatic rings. The number of ether oxygens (including phenoxy) is 3. The summed E-state index contributed by atoms with van der Waals surface area (Å²) >= 11 is 0. The zero-order chi connectivity index (χ0) is 13.7. The molecule has 0 radical (unpaired) electrons. The van der Waals surface area contributed by atoms with Crippen LogP contribution in [0, 0.1) is 0 Å². The van der Waals surface area contributed by atoms with Crippen molar-refractivity contribution in [2.24, 2.45) is 0 Å². The first kappa shape index (κ1) is 14.0. The van der Waals surface area contributed by atoms with Crippen LogP contribution in [0.25, 0.3) is 0 Å². The second-order valence-electron chi connectivity index (χ2n) is 4.76. The molecule has 0 aliphatic carbocycles. The number of fused-ring (bicyclic) bond motifs is 1. The van der Waals surface area contributed by atoms with Gasteiger partial charge in [0.05, 0.1) is 0 Å². The normalized spacial score (nSPS) is 16.2. The molecule has 0 fully saturated rings. The zero-order valence-electron chi connectivity index (χ0n) is 11.9. The molecule has 0 spiro atoms. The molecule has 0 amide bonds. The average Bonchev–Trinajstić information content (AvgIpc) is 2.90. The standard InChI is InChI=1S/C15H23NO3/c1-4-6-12(16-3)13(5-2)19-11-7-8-14-15(9-11)18-10-17-14/h7-9,12-13,16H,4-6,10H2,1-3H3. The van der Waals surface area contributed by atoms with E-state index >= 15 is 0 Å². The highest BCUT2D eigenvalue weighted by Gasteiger charge is 2.21. The van der Waals surface area contributed by atoms with E-state index in [1.54, 1.807) is 0 Å². The summed E-state index contributed by atoms with van der Waals surface area (Å²) in [4.78, 5) is 0. The number of rotatable bonds is 7. The molecule has 0 aromatic heterocycles. The van der Waals surface area contributed by atoms with Gasteiger partial charge in [-0.15, -0.1) is 0 Å². The number of benzene rings is 1. The van der Waals surface area contributed by atoms with Gasteiger partial charge in [-0.05, 0) is 32.0 Å². The van der Waals surface area contributed by atoms with Crippen LogP contribution in [0.15, 0.2) is 18.2 Å². The Labute approximate surface area is 115 Å². The van der Waals surface area contributed by atoms with Crippen LogP contribution in [0.4, 0.5) is 0 Å². The Morgan fingerprint density at radius 2 is 2.05 bits per heavy atom. The fourth-order valence-corrected chi connectivity index (χ4v) is 2.40. The summed E-state index contributed by atoms with van der Waals surface area (Å²) in [6.07, 6.45) is 3.40. The van der Waals surface area contributed by atoms with Gasteiger partial charge in [-0.25, -0.2) is 0 Å². The minimum Gasteiger partial charge on any atom is -0.489 e. The summed E-state index contributed by atoms with van der Waals surface area (Å²) in [5, 5.41) is 3.35. The topological polar surface area (TPSA) is 39.7 Å². The summed E-state index contributed by atoms with van der Waals surface area (Å²) in [6, 6.07) is 6.12. The van der Waals surface area contributed by atoms with Crippen LogP contribution < -0.4 is 19.5 Å². The average molecular weight is 265 g/mol. The van der Waals surface area contributed by atoms with E-state index < -0.39 is 0 Å². The van der Waals surface area contributed by atoms with Crippen LogP contribution in [-0.4, -0.2) is 26.0 Å². The van der Waals surface area contributed by atoms with Crippen molar-refractivity contribution in [2.75, 3.05) is 13.8 Å². The van der Waals surface area contributed by atoms with Crippen molar-refractivity contribution in [1.82, 2.24) is 5.32 Å². The van der Waals surface area contributed by atoms with Crippen LogP contribution in [-0.2, 0) is 0 Å². The molecule has 1 aliphatic heterocycles. The molecular weight excluding hydrogens is 242 g/mol. The van der Waals surface area contributed by atoms with E-state index in [0.717, 1.165) is 36.5 Å². The molecule has 0 saturated heterocycles. The second kappa shape index (κ2) is 6.66. The van der Waals surface area contributed by atoms with E-state index in [2.05, 4.69) is 19.2 Å². The SMILES string of the molecule is CCCC(NC)C(CC)Oc1ccc2c(c1)OCO2. The maximum atomic E-state index is 6.10. The highest BCUT2D eigenvalue weighted by Crippen LogP contribution is 2.35. The van der Waals surface area contributed by atoms with Crippen molar-refractivity contribution >= 4 is 0 Å². The quantitative estimate of drug-likeness (QED) is 0.822. The first-order chi connectivity index (χ1) is 9.28. The Balaban J connectivity index is 2.05. The zero-order valence-corrected chi connectivity index (χ0v) is 11.9. The summed E-state index contributed by atoms with van der Waals surface area (Å²) in [6.45, 7) is 4.64. The monoisotopic (exact) mass is 265 g/mol. The lowest BCUT2D eigenvalue weighted by atomic mass is 10.0.